The average Bonchev–Trinajstić information content (AvgIpc) is 2.92. The van der Waals surface area contributed by atoms with Gasteiger partial charge in [0.25, 0.3) is 0 Å². The molecule has 0 aliphatic rings. The molecule has 0 aliphatic heterocycles. The Bertz CT molecular complexity index is 477. The van der Waals surface area contributed by atoms with Crippen molar-refractivity contribution in [3.05, 3.63) is 47.9 Å². The fourth-order valence-electron chi connectivity index (χ4n) is 1.65. The van der Waals surface area contributed by atoms with Crippen molar-refractivity contribution >= 4 is 0 Å². The molecule has 0 amide bonds. The highest BCUT2D eigenvalue weighted by molar-refractivity contribution is 5.42. The third kappa shape index (κ3) is 3.05. The normalized spacial score (nSPS) is 10.3. The summed E-state index contributed by atoms with van der Waals surface area (Å²) >= 11 is 0. The van der Waals surface area contributed by atoms with E-state index in [2.05, 4.69) is 0 Å². The fourth-order valence-corrected chi connectivity index (χ4v) is 1.65. The summed E-state index contributed by atoms with van der Waals surface area (Å²) in [5, 5.41) is 9.09. The maximum absolute atomic E-state index is 9.09. The molecule has 0 radical (unpaired) electrons. The summed E-state index contributed by atoms with van der Waals surface area (Å²) in [6.45, 7) is 0.483. The fraction of sp³-hybridized carbons (Fsp3) is 0.286. The predicted molar refractivity (Wildman–Crippen MR) is 66.8 cm³/mol. The van der Waals surface area contributed by atoms with Crippen LogP contribution in [0.2, 0.25) is 0 Å². The smallest absolute Gasteiger partial charge is 0.161 e. The van der Waals surface area contributed by atoms with Crippen LogP contribution in [0.5, 0.6) is 11.5 Å². The molecule has 0 spiro atoms. The Balaban J connectivity index is 1.98. The maximum atomic E-state index is 9.09. The lowest BCUT2D eigenvalue weighted by Crippen LogP contribution is -2.02. The number of rotatable bonds is 6. The molecule has 1 aromatic carbocycles. The molecule has 0 saturated carbocycles. The van der Waals surface area contributed by atoms with E-state index in [1.165, 1.54) is 0 Å². The van der Waals surface area contributed by atoms with Gasteiger partial charge in [0, 0.05) is 6.42 Å². The first-order chi connectivity index (χ1) is 8.83. The molecule has 96 valence electrons. The van der Waals surface area contributed by atoms with Crippen LogP contribution in [0.15, 0.2) is 41.0 Å². The van der Waals surface area contributed by atoms with Gasteiger partial charge in [-0.05, 0) is 29.8 Å². The number of furan rings is 1. The average molecular weight is 248 g/mol. The molecule has 0 saturated heterocycles. The summed E-state index contributed by atoms with van der Waals surface area (Å²) < 4.78 is 16.1. The summed E-state index contributed by atoms with van der Waals surface area (Å²) in [5.74, 6) is 2.18. The third-order valence-corrected chi connectivity index (χ3v) is 2.60. The van der Waals surface area contributed by atoms with Gasteiger partial charge >= 0.3 is 0 Å². The highest BCUT2D eigenvalue weighted by Crippen LogP contribution is 2.28. The van der Waals surface area contributed by atoms with E-state index in [9.17, 15) is 0 Å². The summed E-state index contributed by atoms with van der Waals surface area (Å²) in [6.07, 6.45) is 2.34. The van der Waals surface area contributed by atoms with E-state index < -0.39 is 0 Å². The second-order valence-electron chi connectivity index (χ2n) is 3.82. The van der Waals surface area contributed by atoms with E-state index in [4.69, 9.17) is 19.0 Å². The zero-order chi connectivity index (χ0) is 12.8. The summed E-state index contributed by atoms with van der Waals surface area (Å²) in [6, 6.07) is 9.13. The molecule has 18 heavy (non-hydrogen) atoms. The second kappa shape index (κ2) is 6.12. The van der Waals surface area contributed by atoms with Crippen LogP contribution < -0.4 is 9.47 Å². The maximum Gasteiger partial charge on any atom is 0.161 e. The van der Waals surface area contributed by atoms with Gasteiger partial charge in [-0.2, -0.15) is 0 Å². The standard InChI is InChI=1S/C14H16O4/c1-16-13-5-4-11(10-15)9-14(13)18-8-6-12-3-2-7-17-12/h2-5,7,9,15H,6,8,10H2,1H3. The number of aliphatic hydroxyl groups is 1. The van der Waals surface area contributed by atoms with Crippen molar-refractivity contribution in [2.45, 2.75) is 13.0 Å². The molecule has 2 aromatic rings. The van der Waals surface area contributed by atoms with Crippen LogP contribution >= 0.6 is 0 Å². The lowest BCUT2D eigenvalue weighted by Gasteiger charge is -2.11. The van der Waals surface area contributed by atoms with Gasteiger partial charge in [-0.25, -0.2) is 0 Å². The zero-order valence-corrected chi connectivity index (χ0v) is 10.3. The van der Waals surface area contributed by atoms with Crippen molar-refractivity contribution in [2.75, 3.05) is 13.7 Å². The molecular weight excluding hydrogens is 232 g/mol. The summed E-state index contributed by atoms with van der Waals surface area (Å²) in [5.41, 5.74) is 0.795. The van der Waals surface area contributed by atoms with Crippen molar-refractivity contribution < 1.29 is 19.0 Å². The van der Waals surface area contributed by atoms with Gasteiger partial charge < -0.3 is 19.0 Å². The monoisotopic (exact) mass is 248 g/mol. The summed E-state index contributed by atoms with van der Waals surface area (Å²) in [7, 11) is 1.59. The Hall–Kier alpha value is -1.94. The van der Waals surface area contributed by atoms with Gasteiger partial charge in [0.15, 0.2) is 11.5 Å². The van der Waals surface area contributed by atoms with Crippen molar-refractivity contribution in [3.8, 4) is 11.5 Å². The first-order valence-corrected chi connectivity index (χ1v) is 5.76. The van der Waals surface area contributed by atoms with Crippen LogP contribution in [-0.2, 0) is 13.0 Å². The van der Waals surface area contributed by atoms with Gasteiger partial charge in [-0.1, -0.05) is 6.07 Å². The molecule has 0 bridgehead atoms. The van der Waals surface area contributed by atoms with Gasteiger partial charge in [-0.3, -0.25) is 0 Å². The molecule has 4 heteroatoms. The van der Waals surface area contributed by atoms with Crippen LogP contribution in [0, 0.1) is 0 Å². The quantitative estimate of drug-likeness (QED) is 0.852. The van der Waals surface area contributed by atoms with E-state index in [0.717, 1.165) is 11.3 Å². The Kier molecular flexibility index (Phi) is 4.25. The van der Waals surface area contributed by atoms with Gasteiger partial charge in [0.2, 0.25) is 0 Å². The van der Waals surface area contributed by atoms with E-state index >= 15 is 0 Å². The van der Waals surface area contributed by atoms with Gasteiger partial charge in [0.1, 0.15) is 5.76 Å². The number of aliphatic hydroxyl groups excluding tert-OH is 1. The van der Waals surface area contributed by atoms with Crippen molar-refractivity contribution in [1.82, 2.24) is 0 Å². The SMILES string of the molecule is COc1ccc(CO)cc1OCCc1ccco1. The lowest BCUT2D eigenvalue weighted by molar-refractivity contribution is 0.274. The molecular formula is C14H16O4. The number of hydrogen-bond acceptors (Lipinski definition) is 4. The van der Waals surface area contributed by atoms with Gasteiger partial charge in [0.05, 0.1) is 26.6 Å². The highest BCUT2D eigenvalue weighted by atomic mass is 16.5. The van der Waals surface area contributed by atoms with Crippen LogP contribution in [0.25, 0.3) is 0 Å². The van der Waals surface area contributed by atoms with Crippen molar-refractivity contribution in [3.63, 3.8) is 0 Å². The molecule has 0 fully saturated rings. The van der Waals surface area contributed by atoms with E-state index in [-0.39, 0.29) is 6.61 Å². The minimum atomic E-state index is -0.0153. The molecule has 0 atom stereocenters. The van der Waals surface area contributed by atoms with Crippen LogP contribution in [0.1, 0.15) is 11.3 Å². The second-order valence-corrected chi connectivity index (χ2v) is 3.82. The lowest BCUT2D eigenvalue weighted by atomic mass is 10.2. The molecule has 1 heterocycles. The van der Waals surface area contributed by atoms with Crippen molar-refractivity contribution in [2.24, 2.45) is 0 Å². The van der Waals surface area contributed by atoms with Crippen LogP contribution in [0.3, 0.4) is 0 Å². The molecule has 0 unspecified atom stereocenters. The molecule has 1 aromatic heterocycles. The Morgan fingerprint density at radius 3 is 2.78 bits per heavy atom. The minimum Gasteiger partial charge on any atom is -0.493 e. The summed E-state index contributed by atoms with van der Waals surface area (Å²) in [4.78, 5) is 0. The Labute approximate surface area is 106 Å². The Morgan fingerprint density at radius 1 is 1.22 bits per heavy atom. The number of hydrogen-bond donors (Lipinski definition) is 1. The largest absolute Gasteiger partial charge is 0.493 e. The third-order valence-electron chi connectivity index (χ3n) is 2.60. The molecule has 2 rings (SSSR count). The van der Waals surface area contributed by atoms with E-state index in [0.29, 0.717) is 24.5 Å². The first kappa shape index (κ1) is 12.5. The van der Waals surface area contributed by atoms with Crippen molar-refractivity contribution in [1.29, 1.82) is 0 Å². The molecule has 4 nitrogen and oxygen atoms in total. The topological polar surface area (TPSA) is 51.8 Å². The number of ether oxygens (including phenoxy) is 2. The number of benzene rings is 1. The molecule has 0 aliphatic carbocycles. The highest BCUT2D eigenvalue weighted by Gasteiger charge is 2.06. The van der Waals surface area contributed by atoms with Crippen LogP contribution in [0.4, 0.5) is 0 Å². The minimum absolute atomic E-state index is 0.0153. The zero-order valence-electron chi connectivity index (χ0n) is 10.3. The Morgan fingerprint density at radius 2 is 2.11 bits per heavy atom. The van der Waals surface area contributed by atoms with E-state index in [1.54, 1.807) is 31.6 Å². The molecule has 1 N–H and O–H groups in total. The first-order valence-electron chi connectivity index (χ1n) is 5.76. The van der Waals surface area contributed by atoms with E-state index in [1.807, 2.05) is 12.1 Å². The van der Waals surface area contributed by atoms with Crippen LogP contribution in [-0.4, -0.2) is 18.8 Å². The van der Waals surface area contributed by atoms with Gasteiger partial charge in [-0.15, -0.1) is 0 Å². The number of methoxy groups -OCH3 is 1. The predicted octanol–water partition coefficient (Wildman–Crippen LogP) is 2.40.